The largest absolute Gasteiger partial charge is 0.494 e. The van der Waals surface area contributed by atoms with E-state index in [1.54, 1.807) is 12.1 Å². The minimum Gasteiger partial charge on any atom is -0.494 e. The molecule has 1 rings (SSSR count). The number of nitrogens with one attached hydrogen (secondary N) is 2. The maximum absolute atomic E-state index is 13.4. The van der Waals surface area contributed by atoms with Crippen LogP contribution in [0.25, 0.3) is 0 Å². The molecule has 112 valence electrons. The van der Waals surface area contributed by atoms with E-state index in [-0.39, 0.29) is 17.5 Å². The minimum atomic E-state index is -0.374. The Labute approximate surface area is 119 Å². The van der Waals surface area contributed by atoms with Crippen molar-refractivity contribution in [3.8, 4) is 5.75 Å². The predicted octanol–water partition coefficient (Wildman–Crippen LogP) is 2.09. The first-order valence-corrected chi connectivity index (χ1v) is 6.82. The SMILES string of the molecule is COc1ccc(CNCCC(=O)NCC(C)C)cc1F. The Morgan fingerprint density at radius 2 is 2.15 bits per heavy atom. The highest BCUT2D eigenvalue weighted by molar-refractivity contribution is 5.76. The summed E-state index contributed by atoms with van der Waals surface area (Å²) in [5.41, 5.74) is 0.825. The molecule has 0 heterocycles. The Bertz CT molecular complexity index is 436. The highest BCUT2D eigenvalue weighted by Gasteiger charge is 2.04. The van der Waals surface area contributed by atoms with Gasteiger partial charge in [0.1, 0.15) is 0 Å². The van der Waals surface area contributed by atoms with E-state index in [4.69, 9.17) is 4.74 Å². The molecule has 0 aliphatic carbocycles. The van der Waals surface area contributed by atoms with E-state index in [0.717, 1.165) is 5.56 Å². The molecule has 0 radical (unpaired) electrons. The van der Waals surface area contributed by atoms with Crippen molar-refractivity contribution in [1.82, 2.24) is 10.6 Å². The molecule has 0 aromatic heterocycles. The van der Waals surface area contributed by atoms with E-state index in [0.29, 0.717) is 32.0 Å². The first-order chi connectivity index (χ1) is 9.52. The fourth-order valence-corrected chi connectivity index (χ4v) is 1.66. The van der Waals surface area contributed by atoms with Crippen LogP contribution in [0.3, 0.4) is 0 Å². The van der Waals surface area contributed by atoms with E-state index in [2.05, 4.69) is 24.5 Å². The van der Waals surface area contributed by atoms with Crippen LogP contribution >= 0.6 is 0 Å². The lowest BCUT2D eigenvalue weighted by molar-refractivity contribution is -0.121. The Morgan fingerprint density at radius 1 is 1.40 bits per heavy atom. The van der Waals surface area contributed by atoms with Gasteiger partial charge in [-0.1, -0.05) is 19.9 Å². The second-order valence-electron chi connectivity index (χ2n) is 5.09. The van der Waals surface area contributed by atoms with Gasteiger partial charge in [-0.2, -0.15) is 0 Å². The molecule has 4 nitrogen and oxygen atoms in total. The van der Waals surface area contributed by atoms with Crippen LogP contribution < -0.4 is 15.4 Å². The topological polar surface area (TPSA) is 50.4 Å². The van der Waals surface area contributed by atoms with Gasteiger partial charge in [-0.3, -0.25) is 4.79 Å². The molecule has 1 aromatic rings. The number of benzene rings is 1. The summed E-state index contributed by atoms with van der Waals surface area (Å²) < 4.78 is 18.3. The normalized spacial score (nSPS) is 10.7. The molecule has 5 heteroatoms. The maximum atomic E-state index is 13.4. The third-order valence-electron chi connectivity index (χ3n) is 2.78. The molecule has 0 spiro atoms. The van der Waals surface area contributed by atoms with Gasteiger partial charge in [-0.25, -0.2) is 4.39 Å². The second kappa shape index (κ2) is 8.53. The van der Waals surface area contributed by atoms with Gasteiger partial charge in [0.25, 0.3) is 0 Å². The van der Waals surface area contributed by atoms with E-state index < -0.39 is 0 Å². The first kappa shape index (κ1) is 16.4. The highest BCUT2D eigenvalue weighted by atomic mass is 19.1. The summed E-state index contributed by atoms with van der Waals surface area (Å²) in [6.45, 7) is 5.89. The average Bonchev–Trinajstić information content (AvgIpc) is 2.41. The van der Waals surface area contributed by atoms with Crippen LogP contribution in [0.15, 0.2) is 18.2 Å². The van der Waals surface area contributed by atoms with Gasteiger partial charge in [0.05, 0.1) is 7.11 Å². The van der Waals surface area contributed by atoms with Crippen LogP contribution in [-0.2, 0) is 11.3 Å². The summed E-state index contributed by atoms with van der Waals surface area (Å²) in [5, 5.41) is 5.97. The number of methoxy groups -OCH3 is 1. The number of rotatable bonds is 8. The summed E-state index contributed by atoms with van der Waals surface area (Å²) in [6, 6.07) is 4.83. The van der Waals surface area contributed by atoms with Crippen LogP contribution in [0, 0.1) is 11.7 Å². The summed E-state index contributed by atoms with van der Waals surface area (Å²) in [7, 11) is 1.44. The Morgan fingerprint density at radius 3 is 2.75 bits per heavy atom. The van der Waals surface area contributed by atoms with Gasteiger partial charge < -0.3 is 15.4 Å². The van der Waals surface area contributed by atoms with Gasteiger partial charge in [-0.15, -0.1) is 0 Å². The summed E-state index contributed by atoms with van der Waals surface area (Å²) in [5.74, 6) is 0.351. The molecule has 0 saturated carbocycles. The van der Waals surface area contributed by atoms with Crippen molar-refractivity contribution in [3.05, 3.63) is 29.6 Å². The number of halogens is 1. The first-order valence-electron chi connectivity index (χ1n) is 6.82. The average molecular weight is 282 g/mol. The molecular formula is C15H23FN2O2. The molecular weight excluding hydrogens is 259 g/mol. The van der Waals surface area contributed by atoms with Crippen molar-refractivity contribution in [3.63, 3.8) is 0 Å². The third kappa shape index (κ3) is 6.02. The van der Waals surface area contributed by atoms with Crippen molar-refractivity contribution < 1.29 is 13.9 Å². The van der Waals surface area contributed by atoms with Crippen LogP contribution in [0.4, 0.5) is 4.39 Å². The fourth-order valence-electron chi connectivity index (χ4n) is 1.66. The standard InChI is InChI=1S/C15H23FN2O2/c1-11(2)9-18-15(19)6-7-17-10-12-4-5-14(20-3)13(16)8-12/h4-5,8,11,17H,6-7,9-10H2,1-3H3,(H,18,19). The molecule has 0 aliphatic rings. The molecule has 0 bridgehead atoms. The summed E-state index contributed by atoms with van der Waals surface area (Å²) in [4.78, 5) is 11.5. The van der Waals surface area contributed by atoms with E-state index in [1.807, 2.05) is 0 Å². The number of hydrogen-bond acceptors (Lipinski definition) is 3. The molecule has 1 aromatic carbocycles. The lowest BCUT2D eigenvalue weighted by Crippen LogP contribution is -2.30. The number of carbonyl (C=O) groups excluding carboxylic acids is 1. The second-order valence-corrected chi connectivity index (χ2v) is 5.09. The van der Waals surface area contributed by atoms with Crippen molar-refractivity contribution in [2.75, 3.05) is 20.2 Å². The fraction of sp³-hybridized carbons (Fsp3) is 0.533. The quantitative estimate of drug-likeness (QED) is 0.718. The van der Waals surface area contributed by atoms with Crippen LogP contribution in [0.2, 0.25) is 0 Å². The lowest BCUT2D eigenvalue weighted by Gasteiger charge is -2.09. The molecule has 0 unspecified atom stereocenters. The predicted molar refractivity (Wildman–Crippen MR) is 77.1 cm³/mol. The van der Waals surface area contributed by atoms with Gasteiger partial charge in [-0.05, 0) is 23.6 Å². The van der Waals surface area contributed by atoms with Crippen LogP contribution in [0.1, 0.15) is 25.8 Å². The molecule has 0 atom stereocenters. The smallest absolute Gasteiger partial charge is 0.221 e. The van der Waals surface area contributed by atoms with Crippen molar-refractivity contribution in [2.24, 2.45) is 5.92 Å². The zero-order valence-corrected chi connectivity index (χ0v) is 12.3. The van der Waals surface area contributed by atoms with Crippen molar-refractivity contribution >= 4 is 5.91 Å². The van der Waals surface area contributed by atoms with Crippen molar-refractivity contribution in [2.45, 2.75) is 26.8 Å². The number of amides is 1. The minimum absolute atomic E-state index is 0.0344. The molecule has 2 N–H and O–H groups in total. The zero-order chi connectivity index (χ0) is 15.0. The van der Waals surface area contributed by atoms with E-state index in [9.17, 15) is 9.18 Å². The van der Waals surface area contributed by atoms with E-state index >= 15 is 0 Å². The number of ether oxygens (including phenoxy) is 1. The molecule has 20 heavy (non-hydrogen) atoms. The number of hydrogen-bond donors (Lipinski definition) is 2. The Balaban J connectivity index is 2.24. The van der Waals surface area contributed by atoms with Gasteiger partial charge >= 0.3 is 0 Å². The summed E-state index contributed by atoms with van der Waals surface area (Å²) >= 11 is 0. The monoisotopic (exact) mass is 282 g/mol. The van der Waals surface area contributed by atoms with Gasteiger partial charge in [0, 0.05) is 26.1 Å². The number of carbonyl (C=O) groups is 1. The van der Waals surface area contributed by atoms with E-state index in [1.165, 1.54) is 13.2 Å². The van der Waals surface area contributed by atoms with Crippen molar-refractivity contribution in [1.29, 1.82) is 0 Å². The van der Waals surface area contributed by atoms with Crippen LogP contribution in [0.5, 0.6) is 5.75 Å². The lowest BCUT2D eigenvalue weighted by atomic mass is 10.2. The maximum Gasteiger partial charge on any atom is 0.221 e. The Kier molecular flexibility index (Phi) is 7.01. The zero-order valence-electron chi connectivity index (χ0n) is 12.3. The molecule has 0 fully saturated rings. The molecule has 1 amide bonds. The molecule has 0 aliphatic heterocycles. The Hall–Kier alpha value is -1.62. The van der Waals surface area contributed by atoms with Gasteiger partial charge in [0.15, 0.2) is 11.6 Å². The third-order valence-corrected chi connectivity index (χ3v) is 2.78. The van der Waals surface area contributed by atoms with Crippen LogP contribution in [-0.4, -0.2) is 26.1 Å². The summed E-state index contributed by atoms with van der Waals surface area (Å²) in [6.07, 6.45) is 0.422. The highest BCUT2D eigenvalue weighted by Crippen LogP contribution is 2.17. The molecule has 0 saturated heterocycles. The van der Waals surface area contributed by atoms with Gasteiger partial charge in [0.2, 0.25) is 5.91 Å².